The van der Waals surface area contributed by atoms with Crippen molar-refractivity contribution in [2.75, 3.05) is 43.9 Å². The number of amides is 2. The number of aryl methyl sites for hydroxylation is 1. The molecule has 4 rings (SSSR count). The van der Waals surface area contributed by atoms with Crippen molar-refractivity contribution in [2.45, 2.75) is 0 Å². The van der Waals surface area contributed by atoms with Crippen molar-refractivity contribution in [3.8, 4) is 0 Å². The molecular weight excluding hydrogens is 454 g/mol. The number of amidine groups is 1. The van der Waals surface area contributed by atoms with E-state index in [-0.39, 0.29) is 17.3 Å². The smallest absolute Gasteiger partial charge is 0.261 e. The van der Waals surface area contributed by atoms with Gasteiger partial charge in [0.05, 0.1) is 6.20 Å². The molecule has 0 atom stereocenters. The Bertz CT molecular complexity index is 1200. The molecule has 2 amide bonds. The van der Waals surface area contributed by atoms with Crippen LogP contribution in [0.3, 0.4) is 0 Å². The summed E-state index contributed by atoms with van der Waals surface area (Å²) in [6, 6.07) is 13.6. The van der Waals surface area contributed by atoms with E-state index in [1.807, 2.05) is 4.90 Å². The standard InChI is InChI=1S/C24H26ClN7O2/c1-30-11-13-32(14-12-30)21(26)16-3-5-17(6-4-16)23(33)29-22-20(15-27-31(22)2)24(34)28-19-9-7-18(25)8-10-19/h3-10,15,26H,11-14H2,1-2H3,(H,28,34)(H,29,33). The van der Waals surface area contributed by atoms with Crippen LogP contribution >= 0.6 is 11.6 Å². The summed E-state index contributed by atoms with van der Waals surface area (Å²) in [6.45, 7) is 3.45. The third-order valence-electron chi connectivity index (χ3n) is 5.76. The molecule has 10 heteroatoms. The largest absolute Gasteiger partial charge is 0.354 e. The quantitative estimate of drug-likeness (QED) is 0.385. The van der Waals surface area contributed by atoms with Crippen molar-refractivity contribution in [3.05, 3.63) is 76.4 Å². The van der Waals surface area contributed by atoms with Gasteiger partial charge in [-0.05, 0) is 43.4 Å². The number of benzene rings is 2. The van der Waals surface area contributed by atoms with Gasteiger partial charge in [0.2, 0.25) is 0 Å². The van der Waals surface area contributed by atoms with E-state index in [0.717, 1.165) is 31.7 Å². The van der Waals surface area contributed by atoms with Crippen molar-refractivity contribution in [3.63, 3.8) is 0 Å². The van der Waals surface area contributed by atoms with Crippen LogP contribution in [-0.2, 0) is 7.05 Å². The lowest BCUT2D eigenvalue weighted by molar-refractivity contribution is 0.102. The van der Waals surface area contributed by atoms with Gasteiger partial charge in [-0.2, -0.15) is 5.10 Å². The van der Waals surface area contributed by atoms with E-state index in [1.165, 1.54) is 10.9 Å². The van der Waals surface area contributed by atoms with Gasteiger partial charge < -0.3 is 20.4 Å². The van der Waals surface area contributed by atoms with Gasteiger partial charge in [0, 0.05) is 55.1 Å². The molecule has 34 heavy (non-hydrogen) atoms. The van der Waals surface area contributed by atoms with Crippen LogP contribution < -0.4 is 10.6 Å². The van der Waals surface area contributed by atoms with E-state index in [1.54, 1.807) is 55.6 Å². The summed E-state index contributed by atoms with van der Waals surface area (Å²) in [6.07, 6.45) is 1.40. The summed E-state index contributed by atoms with van der Waals surface area (Å²) in [4.78, 5) is 29.9. The van der Waals surface area contributed by atoms with Crippen LogP contribution in [-0.4, -0.2) is 70.5 Å². The van der Waals surface area contributed by atoms with Gasteiger partial charge in [0.25, 0.3) is 11.8 Å². The molecule has 1 saturated heterocycles. The second-order valence-electron chi connectivity index (χ2n) is 8.16. The van der Waals surface area contributed by atoms with Crippen molar-refractivity contribution in [1.82, 2.24) is 19.6 Å². The minimum atomic E-state index is -0.401. The fourth-order valence-corrected chi connectivity index (χ4v) is 3.78. The summed E-state index contributed by atoms with van der Waals surface area (Å²) in [5, 5.41) is 18.7. The van der Waals surface area contributed by atoms with E-state index < -0.39 is 5.91 Å². The zero-order valence-corrected chi connectivity index (χ0v) is 19.8. The first-order valence-electron chi connectivity index (χ1n) is 10.8. The first-order chi connectivity index (χ1) is 16.3. The van der Waals surface area contributed by atoms with E-state index in [9.17, 15) is 9.59 Å². The van der Waals surface area contributed by atoms with Crippen molar-refractivity contribution < 1.29 is 9.59 Å². The number of anilines is 2. The number of hydrogen-bond donors (Lipinski definition) is 3. The van der Waals surface area contributed by atoms with Gasteiger partial charge in [-0.3, -0.25) is 19.7 Å². The molecule has 0 saturated carbocycles. The maximum atomic E-state index is 12.9. The number of carbonyl (C=O) groups excluding carboxylic acids is 2. The Morgan fingerprint density at radius 3 is 2.15 bits per heavy atom. The van der Waals surface area contributed by atoms with E-state index >= 15 is 0 Å². The van der Waals surface area contributed by atoms with Crippen LogP contribution in [0.25, 0.3) is 0 Å². The molecule has 0 spiro atoms. The van der Waals surface area contributed by atoms with Crippen LogP contribution in [0.15, 0.2) is 54.7 Å². The number of likely N-dealkylation sites (N-methyl/N-ethyl adjacent to an activating group) is 1. The summed E-state index contributed by atoms with van der Waals surface area (Å²) < 4.78 is 1.44. The lowest BCUT2D eigenvalue weighted by atomic mass is 10.1. The highest BCUT2D eigenvalue weighted by atomic mass is 35.5. The molecular formula is C24H26ClN7O2. The van der Waals surface area contributed by atoms with Gasteiger partial charge in [0.15, 0.2) is 0 Å². The van der Waals surface area contributed by atoms with E-state index in [2.05, 4.69) is 27.7 Å². The number of carbonyl (C=O) groups is 2. The zero-order valence-electron chi connectivity index (χ0n) is 19.0. The van der Waals surface area contributed by atoms with Crippen LogP contribution in [0.1, 0.15) is 26.3 Å². The zero-order chi connectivity index (χ0) is 24.2. The van der Waals surface area contributed by atoms with Crippen LogP contribution in [0.4, 0.5) is 11.5 Å². The first kappa shape index (κ1) is 23.5. The molecule has 1 aromatic heterocycles. The molecule has 0 radical (unpaired) electrons. The normalized spacial score (nSPS) is 14.0. The molecule has 9 nitrogen and oxygen atoms in total. The van der Waals surface area contributed by atoms with Crippen molar-refractivity contribution >= 4 is 40.8 Å². The summed E-state index contributed by atoms with van der Waals surface area (Å²) >= 11 is 5.89. The van der Waals surface area contributed by atoms with Crippen molar-refractivity contribution in [2.24, 2.45) is 7.05 Å². The summed E-state index contributed by atoms with van der Waals surface area (Å²) in [5.74, 6) is -0.0397. The lowest BCUT2D eigenvalue weighted by Gasteiger charge is -2.34. The maximum absolute atomic E-state index is 12.9. The number of halogens is 1. The third kappa shape index (κ3) is 5.27. The molecule has 1 fully saturated rings. The van der Waals surface area contributed by atoms with Gasteiger partial charge in [0.1, 0.15) is 17.2 Å². The van der Waals surface area contributed by atoms with Gasteiger partial charge in [-0.15, -0.1) is 0 Å². The Morgan fingerprint density at radius 2 is 1.50 bits per heavy atom. The second kappa shape index (κ2) is 10.1. The molecule has 3 N–H and O–H groups in total. The average Bonchev–Trinajstić information content (AvgIpc) is 3.20. The number of piperazine rings is 1. The molecule has 2 heterocycles. The maximum Gasteiger partial charge on any atom is 0.261 e. The topological polar surface area (TPSA) is 106 Å². The van der Waals surface area contributed by atoms with E-state index in [4.69, 9.17) is 17.0 Å². The monoisotopic (exact) mass is 479 g/mol. The Morgan fingerprint density at radius 1 is 0.882 bits per heavy atom. The second-order valence-corrected chi connectivity index (χ2v) is 8.60. The van der Waals surface area contributed by atoms with Crippen LogP contribution in [0, 0.1) is 5.41 Å². The van der Waals surface area contributed by atoms with Crippen LogP contribution in [0.5, 0.6) is 0 Å². The third-order valence-corrected chi connectivity index (χ3v) is 6.01. The lowest BCUT2D eigenvalue weighted by Crippen LogP contribution is -2.47. The number of nitrogens with one attached hydrogen (secondary N) is 3. The molecule has 3 aromatic rings. The minimum Gasteiger partial charge on any atom is -0.354 e. The molecule has 176 valence electrons. The number of nitrogens with zero attached hydrogens (tertiary/aromatic N) is 4. The van der Waals surface area contributed by atoms with Crippen molar-refractivity contribution in [1.29, 1.82) is 5.41 Å². The fourth-order valence-electron chi connectivity index (χ4n) is 3.66. The van der Waals surface area contributed by atoms with Gasteiger partial charge in [-0.1, -0.05) is 23.7 Å². The van der Waals surface area contributed by atoms with Gasteiger partial charge in [-0.25, -0.2) is 0 Å². The molecule has 0 bridgehead atoms. The number of hydrogen-bond acceptors (Lipinski definition) is 5. The SMILES string of the molecule is CN1CCN(C(=N)c2ccc(C(=O)Nc3c(C(=O)Nc4ccc(Cl)cc4)cnn3C)cc2)CC1. The predicted molar refractivity (Wildman–Crippen MR) is 133 cm³/mol. The first-order valence-corrected chi connectivity index (χ1v) is 11.2. The molecule has 1 aliphatic heterocycles. The molecule has 0 unspecified atom stereocenters. The van der Waals surface area contributed by atoms with E-state index in [0.29, 0.717) is 22.1 Å². The average molecular weight is 480 g/mol. The highest BCUT2D eigenvalue weighted by molar-refractivity contribution is 6.30. The Kier molecular flexibility index (Phi) is 6.95. The van der Waals surface area contributed by atoms with Crippen LogP contribution in [0.2, 0.25) is 5.02 Å². The number of aromatic nitrogens is 2. The highest BCUT2D eigenvalue weighted by Crippen LogP contribution is 2.19. The fraction of sp³-hybridized carbons (Fsp3) is 0.250. The molecule has 2 aromatic carbocycles. The Balaban J connectivity index is 1.43. The number of rotatable bonds is 5. The Hall–Kier alpha value is -3.69. The summed E-state index contributed by atoms with van der Waals surface area (Å²) in [7, 11) is 3.72. The van der Waals surface area contributed by atoms with Gasteiger partial charge >= 0.3 is 0 Å². The summed E-state index contributed by atoms with van der Waals surface area (Å²) in [5.41, 5.74) is 1.98. The molecule has 1 aliphatic rings. The molecule has 0 aliphatic carbocycles. The highest BCUT2D eigenvalue weighted by Gasteiger charge is 2.20. The minimum absolute atomic E-state index is 0.235. The predicted octanol–water partition coefficient (Wildman–Crippen LogP) is 3.15. The Labute approximate surface area is 202 Å².